The highest BCUT2D eigenvalue weighted by Gasteiger charge is 2.16. The van der Waals surface area contributed by atoms with Gasteiger partial charge in [0.25, 0.3) is 0 Å². The number of likely N-dealkylation sites (N-methyl/N-ethyl adjacent to an activating group) is 1. The molecule has 116 valence electrons. The lowest BCUT2D eigenvalue weighted by molar-refractivity contribution is -0.122. The van der Waals surface area contributed by atoms with Crippen molar-refractivity contribution in [2.75, 3.05) is 46.3 Å². The molecule has 0 unspecified atom stereocenters. The lowest BCUT2D eigenvalue weighted by Crippen LogP contribution is -2.48. The Morgan fingerprint density at radius 2 is 1.90 bits per heavy atom. The van der Waals surface area contributed by atoms with Gasteiger partial charge < -0.3 is 16.0 Å². The van der Waals surface area contributed by atoms with E-state index in [2.05, 4.69) is 22.2 Å². The van der Waals surface area contributed by atoms with Crippen molar-refractivity contribution in [3.8, 4) is 0 Å². The van der Waals surface area contributed by atoms with Gasteiger partial charge in [0, 0.05) is 39.3 Å². The van der Waals surface area contributed by atoms with E-state index in [1.165, 1.54) is 0 Å². The van der Waals surface area contributed by atoms with Crippen LogP contribution in [0.15, 0.2) is 30.3 Å². The maximum absolute atomic E-state index is 12.0. The van der Waals surface area contributed by atoms with Gasteiger partial charge >= 0.3 is 0 Å². The second kappa shape index (κ2) is 8.12. The second-order valence-electron chi connectivity index (χ2n) is 5.73. The maximum Gasteiger partial charge on any atom is 0.237 e. The number of nitrogens with two attached hydrogens (primary N) is 1. The molecular weight excluding hydrogens is 264 g/mol. The molecule has 2 rings (SSSR count). The highest BCUT2D eigenvalue weighted by Crippen LogP contribution is 2.02. The number of nitrogens with one attached hydrogen (secondary N) is 1. The molecule has 1 aromatic carbocycles. The number of benzene rings is 1. The van der Waals surface area contributed by atoms with Crippen LogP contribution in [0.4, 0.5) is 0 Å². The molecule has 0 aliphatic carbocycles. The number of hydrogen-bond donors (Lipinski definition) is 2. The zero-order chi connectivity index (χ0) is 15.1. The molecule has 0 aromatic heterocycles. The number of rotatable bonds is 6. The van der Waals surface area contributed by atoms with Crippen LogP contribution in [0.5, 0.6) is 0 Å². The third kappa shape index (κ3) is 5.46. The minimum Gasteiger partial charge on any atom is -0.353 e. The first-order valence-electron chi connectivity index (χ1n) is 7.63. The maximum atomic E-state index is 12.0. The molecule has 1 aliphatic heterocycles. The van der Waals surface area contributed by atoms with Crippen molar-refractivity contribution < 1.29 is 4.79 Å². The number of carbonyl (C=O) groups excluding carboxylic acids is 1. The highest BCUT2D eigenvalue weighted by molar-refractivity contribution is 5.81. The van der Waals surface area contributed by atoms with Crippen LogP contribution in [-0.2, 0) is 11.2 Å². The van der Waals surface area contributed by atoms with E-state index in [4.69, 9.17) is 5.73 Å². The zero-order valence-corrected chi connectivity index (χ0v) is 12.8. The van der Waals surface area contributed by atoms with Crippen LogP contribution in [0.3, 0.4) is 0 Å². The number of carbonyl (C=O) groups is 1. The molecule has 1 heterocycles. The molecule has 1 saturated heterocycles. The van der Waals surface area contributed by atoms with Crippen molar-refractivity contribution in [1.29, 1.82) is 0 Å². The summed E-state index contributed by atoms with van der Waals surface area (Å²) in [4.78, 5) is 16.7. The molecule has 3 N–H and O–H groups in total. The SMILES string of the molecule is CN1CCN(CCNC(=O)[C@@H](N)Cc2ccccc2)CC1. The van der Waals surface area contributed by atoms with E-state index >= 15 is 0 Å². The van der Waals surface area contributed by atoms with Crippen molar-refractivity contribution in [3.63, 3.8) is 0 Å². The molecule has 5 heteroatoms. The fraction of sp³-hybridized carbons (Fsp3) is 0.562. The fourth-order valence-electron chi connectivity index (χ4n) is 2.50. The Balaban J connectivity index is 1.65. The molecule has 0 bridgehead atoms. The molecule has 1 atom stereocenters. The van der Waals surface area contributed by atoms with Gasteiger partial charge in [-0.05, 0) is 19.0 Å². The largest absolute Gasteiger partial charge is 0.353 e. The van der Waals surface area contributed by atoms with Gasteiger partial charge in [-0.25, -0.2) is 0 Å². The van der Waals surface area contributed by atoms with Crippen LogP contribution in [0, 0.1) is 0 Å². The Morgan fingerprint density at radius 3 is 2.57 bits per heavy atom. The van der Waals surface area contributed by atoms with Gasteiger partial charge in [0.1, 0.15) is 0 Å². The van der Waals surface area contributed by atoms with Crippen molar-refractivity contribution in [2.24, 2.45) is 5.73 Å². The standard InChI is InChI=1S/C16H26N4O/c1-19-9-11-20(12-10-19)8-7-18-16(21)15(17)13-14-5-3-2-4-6-14/h2-6,15H,7-13,17H2,1H3,(H,18,21)/t15-/m0/s1. The average molecular weight is 290 g/mol. The zero-order valence-electron chi connectivity index (χ0n) is 12.8. The van der Waals surface area contributed by atoms with E-state index < -0.39 is 6.04 Å². The Hall–Kier alpha value is -1.43. The van der Waals surface area contributed by atoms with Gasteiger partial charge in [-0.1, -0.05) is 30.3 Å². The lowest BCUT2D eigenvalue weighted by atomic mass is 10.1. The van der Waals surface area contributed by atoms with Crippen LogP contribution in [0.2, 0.25) is 0 Å². The number of nitrogens with zero attached hydrogens (tertiary/aromatic N) is 2. The van der Waals surface area contributed by atoms with Gasteiger partial charge in [-0.3, -0.25) is 9.69 Å². The quantitative estimate of drug-likeness (QED) is 0.769. The summed E-state index contributed by atoms with van der Waals surface area (Å²) in [7, 11) is 2.14. The molecule has 1 fully saturated rings. The Labute approximate surface area is 127 Å². The van der Waals surface area contributed by atoms with E-state index in [0.717, 1.165) is 38.3 Å². The second-order valence-corrected chi connectivity index (χ2v) is 5.73. The topological polar surface area (TPSA) is 61.6 Å². The van der Waals surface area contributed by atoms with Gasteiger partial charge in [0.2, 0.25) is 5.91 Å². The molecular formula is C16H26N4O. The fourth-order valence-corrected chi connectivity index (χ4v) is 2.50. The summed E-state index contributed by atoms with van der Waals surface area (Å²) in [6.45, 7) is 5.91. The summed E-state index contributed by atoms with van der Waals surface area (Å²) in [6.07, 6.45) is 0.585. The molecule has 1 amide bonds. The third-order valence-electron chi connectivity index (χ3n) is 3.96. The van der Waals surface area contributed by atoms with Crippen LogP contribution >= 0.6 is 0 Å². The number of amides is 1. The van der Waals surface area contributed by atoms with Gasteiger partial charge in [0.15, 0.2) is 0 Å². The smallest absolute Gasteiger partial charge is 0.237 e. The van der Waals surface area contributed by atoms with Crippen LogP contribution in [-0.4, -0.2) is 68.1 Å². The normalized spacial score (nSPS) is 18.4. The summed E-state index contributed by atoms with van der Waals surface area (Å²) in [6, 6.07) is 9.42. The van der Waals surface area contributed by atoms with Gasteiger partial charge in [-0.2, -0.15) is 0 Å². The Bertz CT molecular complexity index is 429. The molecule has 0 spiro atoms. The van der Waals surface area contributed by atoms with Gasteiger partial charge in [-0.15, -0.1) is 0 Å². The first-order valence-corrected chi connectivity index (χ1v) is 7.63. The minimum absolute atomic E-state index is 0.0621. The summed E-state index contributed by atoms with van der Waals surface area (Å²) in [5.41, 5.74) is 7.05. The predicted molar refractivity (Wildman–Crippen MR) is 85.1 cm³/mol. The molecule has 0 saturated carbocycles. The Morgan fingerprint density at radius 1 is 1.24 bits per heavy atom. The van der Waals surface area contributed by atoms with E-state index in [-0.39, 0.29) is 5.91 Å². The van der Waals surface area contributed by atoms with Crippen molar-refractivity contribution in [3.05, 3.63) is 35.9 Å². The minimum atomic E-state index is -0.472. The van der Waals surface area contributed by atoms with E-state index in [9.17, 15) is 4.79 Å². The highest BCUT2D eigenvalue weighted by atomic mass is 16.2. The van der Waals surface area contributed by atoms with Crippen LogP contribution < -0.4 is 11.1 Å². The number of piperazine rings is 1. The Kier molecular flexibility index (Phi) is 6.17. The van der Waals surface area contributed by atoms with Gasteiger partial charge in [0.05, 0.1) is 6.04 Å². The first-order chi connectivity index (χ1) is 10.1. The molecule has 21 heavy (non-hydrogen) atoms. The lowest BCUT2D eigenvalue weighted by Gasteiger charge is -2.32. The summed E-state index contributed by atoms with van der Waals surface area (Å²) in [5, 5.41) is 2.94. The molecule has 0 radical (unpaired) electrons. The van der Waals surface area contributed by atoms with E-state index in [0.29, 0.717) is 13.0 Å². The molecule has 5 nitrogen and oxygen atoms in total. The summed E-state index contributed by atoms with van der Waals surface area (Å²) < 4.78 is 0. The summed E-state index contributed by atoms with van der Waals surface area (Å²) >= 11 is 0. The third-order valence-corrected chi connectivity index (χ3v) is 3.96. The number of hydrogen-bond acceptors (Lipinski definition) is 4. The van der Waals surface area contributed by atoms with Crippen molar-refractivity contribution >= 4 is 5.91 Å². The monoisotopic (exact) mass is 290 g/mol. The molecule has 1 aliphatic rings. The average Bonchev–Trinajstić information content (AvgIpc) is 2.50. The van der Waals surface area contributed by atoms with Crippen LogP contribution in [0.1, 0.15) is 5.56 Å². The predicted octanol–water partition coefficient (Wildman–Crippen LogP) is -0.0800. The van der Waals surface area contributed by atoms with E-state index in [1.54, 1.807) is 0 Å². The van der Waals surface area contributed by atoms with E-state index in [1.807, 2.05) is 30.3 Å². The van der Waals surface area contributed by atoms with Crippen molar-refractivity contribution in [1.82, 2.24) is 15.1 Å². The van der Waals surface area contributed by atoms with Crippen molar-refractivity contribution in [2.45, 2.75) is 12.5 Å². The van der Waals surface area contributed by atoms with Crippen LogP contribution in [0.25, 0.3) is 0 Å². The first kappa shape index (κ1) is 15.9. The molecule has 1 aromatic rings. The summed E-state index contributed by atoms with van der Waals surface area (Å²) in [5.74, 6) is -0.0621.